The number of rotatable bonds is 0. The Morgan fingerprint density at radius 2 is 1.14 bits per heavy atom. The molecule has 0 aliphatic carbocycles. The molecule has 0 fully saturated rings. The van der Waals surface area contributed by atoms with Crippen molar-refractivity contribution in [3.63, 3.8) is 0 Å². The van der Waals surface area contributed by atoms with Crippen LogP contribution in [0, 0.1) is 0 Å². The zero-order valence-corrected chi connectivity index (χ0v) is 3.22. The first-order valence-electron chi connectivity index (χ1n) is 0.860. The standard InChI is InChI=1S/Al.FH3O3Si.K.4H/c;1-5(2,3)4;;;;;/h;2-4H;;;;;. The molecule has 3 N–H and O–H groups in total. The molecule has 0 bridgehead atoms. The number of hydrogen-bond acceptors (Lipinski definition) is 3. The molecule has 0 spiro atoms. The van der Waals surface area contributed by atoms with Crippen LogP contribution in [0.15, 0.2) is 0 Å². The van der Waals surface area contributed by atoms with E-state index in [9.17, 15) is 4.11 Å². The van der Waals surface area contributed by atoms with Crippen LogP contribution in [0.3, 0.4) is 0 Å². The van der Waals surface area contributed by atoms with E-state index in [4.69, 9.17) is 14.4 Å². The Hall–Kier alpha value is 2.20. The van der Waals surface area contributed by atoms with Crippen molar-refractivity contribution in [1.82, 2.24) is 0 Å². The Kier molecular flexibility index (Phi) is 14.5. The van der Waals surface area contributed by atoms with Crippen LogP contribution in [-0.2, 0) is 0 Å². The van der Waals surface area contributed by atoms with Crippen LogP contribution in [-0.4, -0.2) is 92.3 Å². The van der Waals surface area contributed by atoms with E-state index >= 15 is 0 Å². The number of hydrogen-bond donors (Lipinski definition) is 3. The molecule has 0 atom stereocenters. The molecule has 7 heavy (non-hydrogen) atoms. The summed E-state index contributed by atoms with van der Waals surface area (Å²) >= 11 is 0. The normalized spacial score (nSPS) is 8.57. The first-order valence-corrected chi connectivity index (χ1v) is 2.58. The molecule has 0 heterocycles. The van der Waals surface area contributed by atoms with Gasteiger partial charge in [-0.25, -0.2) is 4.11 Å². The molecule has 0 aromatic heterocycles. The summed E-state index contributed by atoms with van der Waals surface area (Å²) in [5.74, 6) is 0. The van der Waals surface area contributed by atoms with Crippen molar-refractivity contribution in [1.29, 1.82) is 0 Å². The molecule has 0 aliphatic rings. The van der Waals surface area contributed by atoms with Crippen LogP contribution in [0.5, 0.6) is 0 Å². The second-order valence-corrected chi connectivity index (χ2v) is 1.66. The van der Waals surface area contributed by atoms with Crippen LogP contribution >= 0.6 is 0 Å². The van der Waals surface area contributed by atoms with E-state index in [1.165, 1.54) is 0 Å². The third-order valence-electron chi connectivity index (χ3n) is 0. The van der Waals surface area contributed by atoms with Gasteiger partial charge in [-0.2, -0.15) is 0 Å². The van der Waals surface area contributed by atoms with Gasteiger partial charge >= 0.3 is 60.5 Å². The third-order valence-corrected chi connectivity index (χ3v) is 0. The molecule has 0 aliphatic heterocycles. The monoisotopic (exact) mass is 168 g/mol. The fourth-order valence-electron chi connectivity index (χ4n) is 0. The van der Waals surface area contributed by atoms with Gasteiger partial charge in [-0.15, -0.1) is 0 Å². The Morgan fingerprint density at radius 3 is 1.14 bits per heavy atom. The summed E-state index contributed by atoms with van der Waals surface area (Å²) in [5.41, 5.74) is 0. The summed E-state index contributed by atoms with van der Waals surface area (Å²) in [4.78, 5) is 21.3. The predicted molar refractivity (Wildman–Crippen MR) is 30.6 cm³/mol. The summed E-state index contributed by atoms with van der Waals surface area (Å²) < 4.78 is 10.5. The maximum absolute atomic E-state index is 10.5. The van der Waals surface area contributed by atoms with Crippen LogP contribution in [0.4, 0.5) is 4.11 Å². The van der Waals surface area contributed by atoms with Crippen molar-refractivity contribution in [3.05, 3.63) is 0 Å². The van der Waals surface area contributed by atoms with Gasteiger partial charge in [0.1, 0.15) is 0 Å². The van der Waals surface area contributed by atoms with Gasteiger partial charge in [0, 0.05) is 0 Å². The van der Waals surface area contributed by atoms with E-state index < -0.39 is 9.14 Å². The van der Waals surface area contributed by atoms with Gasteiger partial charge in [-0.1, -0.05) is 0 Å². The Morgan fingerprint density at radius 1 is 1.14 bits per heavy atom. The van der Waals surface area contributed by atoms with Gasteiger partial charge in [0.2, 0.25) is 0 Å². The van der Waals surface area contributed by atoms with Crippen molar-refractivity contribution >= 4 is 77.9 Å². The van der Waals surface area contributed by atoms with Crippen LogP contribution in [0.25, 0.3) is 0 Å². The molecule has 0 aromatic rings. The Bertz CT molecular complexity index is 30.4. The van der Waals surface area contributed by atoms with E-state index in [0.717, 1.165) is 0 Å². The first-order chi connectivity index (χ1) is 2.00. The molecule has 0 rings (SSSR count). The second kappa shape index (κ2) is 6.32. The van der Waals surface area contributed by atoms with Crippen LogP contribution < -0.4 is 0 Å². The molecule has 0 amide bonds. The van der Waals surface area contributed by atoms with Gasteiger partial charge in [0.05, 0.1) is 0 Å². The average molecular weight is 168 g/mol. The van der Waals surface area contributed by atoms with Crippen molar-refractivity contribution in [2.75, 3.05) is 0 Å². The van der Waals surface area contributed by atoms with Crippen LogP contribution in [0.1, 0.15) is 0 Å². The molecule has 0 aromatic carbocycles. The summed E-state index contributed by atoms with van der Waals surface area (Å²) in [5, 5.41) is 0. The van der Waals surface area contributed by atoms with E-state index in [0.29, 0.717) is 0 Å². The van der Waals surface area contributed by atoms with E-state index in [1.807, 2.05) is 0 Å². The minimum absolute atomic E-state index is 0. The minimum atomic E-state index is -5.11. The van der Waals surface area contributed by atoms with E-state index in [1.54, 1.807) is 0 Å². The summed E-state index contributed by atoms with van der Waals surface area (Å²) in [6, 6.07) is 0. The van der Waals surface area contributed by atoms with E-state index in [2.05, 4.69) is 0 Å². The molecule has 0 unspecified atom stereocenters. The van der Waals surface area contributed by atoms with Crippen molar-refractivity contribution in [2.24, 2.45) is 0 Å². The number of halogens is 1. The van der Waals surface area contributed by atoms with Crippen molar-refractivity contribution in [2.45, 2.75) is 0 Å². The Labute approximate surface area is 94.6 Å². The van der Waals surface area contributed by atoms with Gasteiger partial charge < -0.3 is 14.4 Å². The van der Waals surface area contributed by atoms with Gasteiger partial charge in [-0.3, -0.25) is 0 Å². The zero-order valence-electron chi connectivity index (χ0n) is 2.22. The molecular formula is H7AlFKO3Si. The van der Waals surface area contributed by atoms with Crippen molar-refractivity contribution < 1.29 is 18.5 Å². The molecule has 3 nitrogen and oxygen atoms in total. The maximum atomic E-state index is 10.5. The fraction of sp³-hybridized carbons (Fsp3) is 0. The topological polar surface area (TPSA) is 60.7 Å². The first kappa shape index (κ1) is 16.1. The second-order valence-electron chi connectivity index (χ2n) is 0.554. The van der Waals surface area contributed by atoms with Gasteiger partial charge in [0.15, 0.2) is 17.4 Å². The summed E-state index contributed by atoms with van der Waals surface area (Å²) in [6.07, 6.45) is 0. The molecule has 40 valence electrons. The summed E-state index contributed by atoms with van der Waals surface area (Å²) in [6.45, 7) is 0. The summed E-state index contributed by atoms with van der Waals surface area (Å²) in [7, 11) is -5.11. The molecule has 7 heteroatoms. The molecule has 0 saturated heterocycles. The SMILES string of the molecule is O[Si](O)(O)F.[AlH3].[KH]. The zero-order chi connectivity index (χ0) is 4.50. The van der Waals surface area contributed by atoms with Gasteiger partial charge in [0.25, 0.3) is 0 Å². The fourth-order valence-corrected chi connectivity index (χ4v) is 0. The quantitative estimate of drug-likeness (QED) is 0.260. The third kappa shape index (κ3) is 65.3. The predicted octanol–water partition coefficient (Wildman–Crippen LogP) is -3.46. The molecule has 0 radical (unpaired) electrons. The van der Waals surface area contributed by atoms with Gasteiger partial charge in [-0.05, 0) is 0 Å². The molecule has 0 saturated carbocycles. The molecular weight excluding hydrogens is 161 g/mol. The van der Waals surface area contributed by atoms with E-state index in [-0.39, 0.29) is 68.7 Å². The van der Waals surface area contributed by atoms with Crippen molar-refractivity contribution in [3.8, 4) is 0 Å². The van der Waals surface area contributed by atoms with Crippen LogP contribution in [0.2, 0.25) is 0 Å². The Balaban J connectivity index is -0.0000000800. The average Bonchev–Trinajstić information content (AvgIpc) is 0.722.